The van der Waals surface area contributed by atoms with Crippen molar-refractivity contribution in [2.75, 3.05) is 0 Å². The van der Waals surface area contributed by atoms with Crippen LogP contribution in [0.15, 0.2) is 72.8 Å². The SMILES string of the molecule is C1=c2ccc3c(c2=CCC1)CCc1ccccc1-3.c1ccccc1. The van der Waals surface area contributed by atoms with Crippen LogP contribution in [0.25, 0.3) is 23.3 Å². The Morgan fingerprint density at radius 1 is 0.542 bits per heavy atom. The number of hydrogen-bond donors (Lipinski definition) is 0. The Balaban J connectivity index is 0.000000207. The second-order valence-corrected chi connectivity index (χ2v) is 6.39. The number of fused-ring (bicyclic) bond motifs is 5. The van der Waals surface area contributed by atoms with Crippen LogP contribution in [-0.4, -0.2) is 0 Å². The van der Waals surface area contributed by atoms with Gasteiger partial charge in [0, 0.05) is 0 Å². The van der Waals surface area contributed by atoms with Crippen LogP contribution in [-0.2, 0) is 12.8 Å². The lowest BCUT2D eigenvalue weighted by molar-refractivity contribution is 0.926. The van der Waals surface area contributed by atoms with E-state index in [0.29, 0.717) is 0 Å². The lowest BCUT2D eigenvalue weighted by Gasteiger charge is -2.21. The van der Waals surface area contributed by atoms with Gasteiger partial charge >= 0.3 is 0 Å². The molecule has 0 fully saturated rings. The van der Waals surface area contributed by atoms with Gasteiger partial charge in [-0.25, -0.2) is 0 Å². The van der Waals surface area contributed by atoms with Crippen LogP contribution in [0, 0.1) is 0 Å². The predicted octanol–water partition coefficient (Wildman–Crippen LogP) is 4.49. The average Bonchev–Trinajstić information content (AvgIpc) is 2.69. The fourth-order valence-electron chi connectivity index (χ4n) is 3.74. The molecule has 0 heteroatoms. The molecular weight excluding hydrogens is 288 g/mol. The molecule has 0 unspecified atom stereocenters. The summed E-state index contributed by atoms with van der Waals surface area (Å²) in [7, 11) is 0. The van der Waals surface area contributed by atoms with Gasteiger partial charge in [-0.3, -0.25) is 0 Å². The minimum absolute atomic E-state index is 1.19. The zero-order valence-corrected chi connectivity index (χ0v) is 13.9. The fourth-order valence-corrected chi connectivity index (χ4v) is 3.74. The second kappa shape index (κ2) is 6.88. The van der Waals surface area contributed by atoms with E-state index < -0.39 is 0 Å². The zero-order chi connectivity index (χ0) is 16.2. The molecule has 0 heterocycles. The molecule has 3 aromatic rings. The number of rotatable bonds is 0. The monoisotopic (exact) mass is 310 g/mol. The summed E-state index contributed by atoms with van der Waals surface area (Å²) in [5.74, 6) is 0. The fraction of sp³-hybridized carbons (Fsp3) is 0.167. The van der Waals surface area contributed by atoms with Crippen molar-refractivity contribution in [1.82, 2.24) is 0 Å². The Kier molecular flexibility index (Phi) is 4.29. The smallest absolute Gasteiger partial charge is 0.0143 e. The Morgan fingerprint density at radius 3 is 2.04 bits per heavy atom. The highest BCUT2D eigenvalue weighted by atomic mass is 14.2. The molecule has 0 atom stereocenters. The molecular formula is C24H22. The molecule has 0 saturated heterocycles. The standard InChI is InChI=1S/C18H16.C6H6/c1-3-7-15-13(5-1)9-11-18-16-8-4-2-6-14(16)10-12-17(15)18;1-2-4-6-5-3-1/h1,3,5-8,10,12H,2,4,9,11H2;1-6H. The predicted molar refractivity (Wildman–Crippen MR) is 103 cm³/mol. The molecule has 0 nitrogen and oxygen atoms in total. The van der Waals surface area contributed by atoms with Gasteiger partial charge in [0.2, 0.25) is 0 Å². The molecule has 2 aliphatic rings. The number of aryl methyl sites for hydroxylation is 1. The third-order valence-electron chi connectivity index (χ3n) is 4.89. The molecule has 3 aromatic carbocycles. The Morgan fingerprint density at radius 2 is 1.25 bits per heavy atom. The summed E-state index contributed by atoms with van der Waals surface area (Å²) in [5, 5.41) is 2.95. The van der Waals surface area contributed by atoms with Crippen molar-refractivity contribution in [2.24, 2.45) is 0 Å². The molecule has 0 amide bonds. The van der Waals surface area contributed by atoms with E-state index in [1.807, 2.05) is 36.4 Å². The molecule has 0 spiro atoms. The minimum Gasteiger partial charge on any atom is -0.0764 e. The number of benzene rings is 3. The van der Waals surface area contributed by atoms with Crippen LogP contribution < -0.4 is 10.4 Å². The van der Waals surface area contributed by atoms with Crippen LogP contribution in [0.1, 0.15) is 24.0 Å². The molecule has 5 rings (SSSR count). The molecule has 2 aliphatic carbocycles. The molecule has 24 heavy (non-hydrogen) atoms. The zero-order valence-electron chi connectivity index (χ0n) is 13.9. The van der Waals surface area contributed by atoms with Crippen molar-refractivity contribution >= 4 is 12.2 Å². The minimum atomic E-state index is 1.19. The van der Waals surface area contributed by atoms with Crippen LogP contribution in [0.3, 0.4) is 0 Å². The molecule has 0 radical (unpaired) electrons. The van der Waals surface area contributed by atoms with Gasteiger partial charge in [0.1, 0.15) is 0 Å². The van der Waals surface area contributed by atoms with Gasteiger partial charge in [-0.2, -0.15) is 0 Å². The van der Waals surface area contributed by atoms with Crippen molar-refractivity contribution in [3.63, 3.8) is 0 Å². The summed E-state index contributed by atoms with van der Waals surface area (Å²) in [6, 6.07) is 25.5. The van der Waals surface area contributed by atoms with E-state index in [1.54, 1.807) is 5.56 Å². The summed E-state index contributed by atoms with van der Waals surface area (Å²) in [6.07, 6.45) is 9.60. The average molecular weight is 310 g/mol. The Labute approximate surface area is 143 Å². The van der Waals surface area contributed by atoms with E-state index in [-0.39, 0.29) is 0 Å². The molecule has 118 valence electrons. The van der Waals surface area contributed by atoms with Gasteiger partial charge in [0.25, 0.3) is 0 Å². The van der Waals surface area contributed by atoms with E-state index in [1.165, 1.54) is 52.8 Å². The lowest BCUT2D eigenvalue weighted by atomic mass is 9.83. The van der Waals surface area contributed by atoms with E-state index in [2.05, 4.69) is 48.6 Å². The highest BCUT2D eigenvalue weighted by Gasteiger charge is 2.16. The van der Waals surface area contributed by atoms with Crippen molar-refractivity contribution in [3.8, 4) is 11.1 Å². The maximum Gasteiger partial charge on any atom is -0.0143 e. The topological polar surface area (TPSA) is 0 Å². The molecule has 0 N–H and O–H groups in total. The van der Waals surface area contributed by atoms with Gasteiger partial charge in [0.15, 0.2) is 0 Å². The largest absolute Gasteiger partial charge is 0.0764 e. The first kappa shape index (κ1) is 15.0. The maximum absolute atomic E-state index is 2.43. The third-order valence-corrected chi connectivity index (χ3v) is 4.89. The lowest BCUT2D eigenvalue weighted by Crippen LogP contribution is -2.32. The van der Waals surface area contributed by atoms with Crippen LogP contribution in [0.2, 0.25) is 0 Å². The van der Waals surface area contributed by atoms with E-state index in [4.69, 9.17) is 0 Å². The summed E-state index contributed by atoms with van der Waals surface area (Å²) in [5.41, 5.74) is 5.98. The van der Waals surface area contributed by atoms with Crippen LogP contribution in [0.4, 0.5) is 0 Å². The van der Waals surface area contributed by atoms with Crippen molar-refractivity contribution in [1.29, 1.82) is 0 Å². The first-order valence-corrected chi connectivity index (χ1v) is 8.84. The first-order valence-electron chi connectivity index (χ1n) is 8.84. The summed E-state index contributed by atoms with van der Waals surface area (Å²) < 4.78 is 0. The normalized spacial score (nSPS) is 13.8. The van der Waals surface area contributed by atoms with Gasteiger partial charge in [-0.05, 0) is 58.4 Å². The molecule has 0 aliphatic heterocycles. The summed E-state index contributed by atoms with van der Waals surface area (Å²) in [4.78, 5) is 0. The van der Waals surface area contributed by atoms with E-state index >= 15 is 0 Å². The third kappa shape index (κ3) is 2.92. The van der Waals surface area contributed by atoms with Gasteiger partial charge in [0.05, 0.1) is 0 Å². The van der Waals surface area contributed by atoms with Gasteiger partial charge in [-0.1, -0.05) is 84.9 Å². The van der Waals surface area contributed by atoms with Crippen LogP contribution >= 0.6 is 0 Å². The Bertz CT molecular complexity index is 922. The Hall–Kier alpha value is -2.60. The quantitative estimate of drug-likeness (QED) is 0.574. The van der Waals surface area contributed by atoms with E-state index in [0.717, 1.165) is 0 Å². The highest BCUT2D eigenvalue weighted by molar-refractivity contribution is 5.73. The molecule has 0 saturated carbocycles. The van der Waals surface area contributed by atoms with Crippen molar-refractivity contribution in [2.45, 2.75) is 25.7 Å². The molecule has 0 bridgehead atoms. The van der Waals surface area contributed by atoms with Crippen molar-refractivity contribution < 1.29 is 0 Å². The number of hydrogen-bond acceptors (Lipinski definition) is 0. The molecule has 0 aromatic heterocycles. The van der Waals surface area contributed by atoms with Gasteiger partial charge in [-0.15, -0.1) is 0 Å². The van der Waals surface area contributed by atoms with Gasteiger partial charge < -0.3 is 0 Å². The van der Waals surface area contributed by atoms with Crippen molar-refractivity contribution in [3.05, 3.63) is 94.4 Å². The second-order valence-electron chi connectivity index (χ2n) is 6.39. The highest BCUT2D eigenvalue weighted by Crippen LogP contribution is 2.31. The van der Waals surface area contributed by atoms with Crippen LogP contribution in [0.5, 0.6) is 0 Å². The summed E-state index contributed by atoms with van der Waals surface area (Å²) >= 11 is 0. The summed E-state index contributed by atoms with van der Waals surface area (Å²) in [6.45, 7) is 0. The maximum atomic E-state index is 2.43. The van der Waals surface area contributed by atoms with E-state index in [9.17, 15) is 0 Å². The first-order chi connectivity index (χ1) is 11.9.